The Kier molecular flexibility index (Phi) is 5.69. The van der Waals surface area contributed by atoms with Gasteiger partial charge in [-0.2, -0.15) is 0 Å². The van der Waals surface area contributed by atoms with Gasteiger partial charge in [0.2, 0.25) is 0 Å². The number of nitrogens with one attached hydrogen (secondary N) is 1. The Balaban J connectivity index is 1.35. The Labute approximate surface area is 169 Å². The van der Waals surface area contributed by atoms with E-state index in [-0.39, 0.29) is 5.82 Å². The third kappa shape index (κ3) is 4.56. The van der Waals surface area contributed by atoms with Crippen LogP contribution in [0.5, 0.6) is 0 Å². The van der Waals surface area contributed by atoms with Crippen LogP contribution < -0.4 is 5.32 Å². The lowest BCUT2D eigenvalue weighted by Gasteiger charge is -2.20. The maximum atomic E-state index is 13.1. The molecule has 0 spiro atoms. The van der Waals surface area contributed by atoms with E-state index in [1.54, 1.807) is 18.3 Å². The Morgan fingerprint density at radius 2 is 1.96 bits per heavy atom. The number of anilines is 2. The molecule has 1 unspecified atom stereocenters. The minimum atomic E-state index is -0.231. The molecule has 1 saturated heterocycles. The van der Waals surface area contributed by atoms with Crippen molar-refractivity contribution in [1.82, 2.24) is 14.9 Å². The van der Waals surface area contributed by atoms with Gasteiger partial charge in [0.05, 0.1) is 4.88 Å². The second kappa shape index (κ2) is 8.37. The summed E-state index contributed by atoms with van der Waals surface area (Å²) < 4.78 is 13.1. The van der Waals surface area contributed by atoms with E-state index in [0.717, 1.165) is 33.7 Å². The molecule has 0 aliphatic carbocycles. The van der Waals surface area contributed by atoms with Gasteiger partial charge in [-0.05, 0) is 68.5 Å². The maximum Gasteiger partial charge on any atom is 0.188 e. The van der Waals surface area contributed by atoms with Crippen LogP contribution in [0.4, 0.5) is 15.3 Å². The predicted molar refractivity (Wildman–Crippen MR) is 114 cm³/mol. The number of aromatic nitrogens is 2. The molecule has 1 N–H and O–H groups in total. The Morgan fingerprint density at radius 3 is 2.64 bits per heavy atom. The van der Waals surface area contributed by atoms with Crippen LogP contribution in [0.3, 0.4) is 0 Å². The van der Waals surface area contributed by atoms with Crippen LogP contribution in [0.2, 0.25) is 0 Å². The van der Waals surface area contributed by atoms with Crippen LogP contribution in [0.15, 0.2) is 48.8 Å². The van der Waals surface area contributed by atoms with E-state index in [4.69, 9.17) is 0 Å². The van der Waals surface area contributed by atoms with Crippen molar-refractivity contribution < 1.29 is 4.39 Å². The molecule has 3 aromatic rings. The molecule has 3 heterocycles. The summed E-state index contributed by atoms with van der Waals surface area (Å²) >= 11 is 1.53. The second-order valence-corrected chi connectivity index (χ2v) is 8.69. The molecule has 4 rings (SSSR count). The third-order valence-corrected chi connectivity index (χ3v) is 6.23. The van der Waals surface area contributed by atoms with Gasteiger partial charge in [-0.25, -0.2) is 14.4 Å². The van der Waals surface area contributed by atoms with Gasteiger partial charge in [0, 0.05) is 25.0 Å². The normalized spacial score (nSPS) is 17.4. The van der Waals surface area contributed by atoms with E-state index in [2.05, 4.69) is 40.1 Å². The van der Waals surface area contributed by atoms with Crippen molar-refractivity contribution in [2.45, 2.75) is 32.7 Å². The van der Waals surface area contributed by atoms with Crippen molar-refractivity contribution in [3.05, 3.63) is 60.2 Å². The zero-order valence-corrected chi connectivity index (χ0v) is 17.0. The molecule has 1 aromatic carbocycles. The zero-order chi connectivity index (χ0) is 19.5. The number of halogens is 1. The van der Waals surface area contributed by atoms with Crippen molar-refractivity contribution >= 4 is 22.3 Å². The smallest absolute Gasteiger partial charge is 0.188 e. The van der Waals surface area contributed by atoms with Crippen LogP contribution in [0.1, 0.15) is 25.8 Å². The fourth-order valence-electron chi connectivity index (χ4n) is 3.64. The highest BCUT2D eigenvalue weighted by molar-refractivity contribution is 7.18. The summed E-state index contributed by atoms with van der Waals surface area (Å²) in [4.78, 5) is 12.5. The molecular weight excluding hydrogens is 371 g/mol. The summed E-state index contributed by atoms with van der Waals surface area (Å²) in [5.41, 5.74) is 2.24. The van der Waals surface area contributed by atoms with Crippen molar-refractivity contribution in [2.24, 2.45) is 5.92 Å². The summed E-state index contributed by atoms with van der Waals surface area (Å²) in [6.45, 7) is 6.92. The van der Waals surface area contributed by atoms with E-state index >= 15 is 0 Å². The molecule has 0 radical (unpaired) electrons. The monoisotopic (exact) mass is 396 g/mol. The molecular formula is C22H25FN4S. The van der Waals surface area contributed by atoms with E-state index in [1.807, 2.05) is 12.3 Å². The molecule has 1 atom stereocenters. The highest BCUT2D eigenvalue weighted by atomic mass is 32.1. The second-order valence-electron chi connectivity index (χ2n) is 7.66. The zero-order valence-electron chi connectivity index (χ0n) is 16.2. The topological polar surface area (TPSA) is 41.0 Å². The van der Waals surface area contributed by atoms with Gasteiger partial charge in [0.15, 0.2) is 5.13 Å². The van der Waals surface area contributed by atoms with Crippen LogP contribution in [0.25, 0.3) is 10.4 Å². The number of nitrogens with zero attached hydrogens (tertiary/aromatic N) is 3. The van der Waals surface area contributed by atoms with E-state index in [0.29, 0.717) is 6.04 Å². The summed E-state index contributed by atoms with van der Waals surface area (Å²) in [5, 5.41) is 4.04. The fraction of sp³-hybridized carbons (Fsp3) is 0.364. The lowest BCUT2D eigenvalue weighted by atomic mass is 10.00. The van der Waals surface area contributed by atoms with Crippen molar-refractivity contribution in [3.8, 4) is 10.4 Å². The summed E-state index contributed by atoms with van der Waals surface area (Å²) in [5.74, 6) is 1.28. The first-order chi connectivity index (χ1) is 13.6. The Bertz CT molecular complexity index is 905. The Hall–Kier alpha value is -2.31. The molecule has 0 amide bonds. The average molecular weight is 397 g/mol. The molecule has 1 fully saturated rings. The van der Waals surface area contributed by atoms with Crippen LogP contribution in [-0.4, -0.2) is 34.0 Å². The van der Waals surface area contributed by atoms with Gasteiger partial charge in [-0.3, -0.25) is 0 Å². The van der Waals surface area contributed by atoms with Crippen molar-refractivity contribution in [3.63, 3.8) is 0 Å². The van der Waals surface area contributed by atoms with Gasteiger partial charge >= 0.3 is 0 Å². The van der Waals surface area contributed by atoms with Gasteiger partial charge in [-0.15, -0.1) is 0 Å². The standard InChI is InChI=1S/C22H25FN4S/c1-15(2)27-10-9-17(14-27)11-16-3-8-21(24-12-16)26-22-25-13-20(28-22)18-4-6-19(23)7-5-18/h3-8,12-13,15,17H,9-11,14H2,1-2H3,(H,24,25,26). The molecule has 0 bridgehead atoms. The third-order valence-electron chi connectivity index (χ3n) is 5.27. The molecule has 4 nitrogen and oxygen atoms in total. The molecule has 0 saturated carbocycles. The van der Waals surface area contributed by atoms with Crippen LogP contribution in [-0.2, 0) is 6.42 Å². The van der Waals surface area contributed by atoms with Crippen LogP contribution >= 0.6 is 11.3 Å². The fourth-order valence-corrected chi connectivity index (χ4v) is 4.47. The van der Waals surface area contributed by atoms with Crippen LogP contribution in [0, 0.1) is 11.7 Å². The van der Waals surface area contributed by atoms with Crippen molar-refractivity contribution in [2.75, 3.05) is 18.4 Å². The lowest BCUT2D eigenvalue weighted by Crippen LogP contribution is -2.28. The lowest BCUT2D eigenvalue weighted by molar-refractivity contribution is 0.265. The first-order valence-electron chi connectivity index (χ1n) is 9.74. The van der Waals surface area contributed by atoms with E-state index in [1.165, 1.54) is 48.5 Å². The van der Waals surface area contributed by atoms with E-state index in [9.17, 15) is 4.39 Å². The number of likely N-dealkylation sites (tertiary alicyclic amines) is 1. The number of pyridine rings is 1. The van der Waals surface area contributed by atoms with Gasteiger partial charge in [0.25, 0.3) is 0 Å². The number of rotatable bonds is 6. The minimum Gasteiger partial charge on any atom is -0.316 e. The van der Waals surface area contributed by atoms with Gasteiger partial charge < -0.3 is 10.2 Å². The quantitative estimate of drug-likeness (QED) is 0.609. The van der Waals surface area contributed by atoms with Gasteiger partial charge in [0.1, 0.15) is 11.6 Å². The Morgan fingerprint density at radius 1 is 1.14 bits per heavy atom. The maximum absolute atomic E-state index is 13.1. The molecule has 1 aliphatic rings. The summed E-state index contributed by atoms with van der Waals surface area (Å²) in [6, 6.07) is 11.3. The molecule has 2 aromatic heterocycles. The molecule has 6 heteroatoms. The van der Waals surface area contributed by atoms with Gasteiger partial charge in [-0.1, -0.05) is 29.5 Å². The first-order valence-corrected chi connectivity index (χ1v) is 10.6. The minimum absolute atomic E-state index is 0.231. The number of hydrogen-bond donors (Lipinski definition) is 1. The largest absolute Gasteiger partial charge is 0.316 e. The number of hydrogen-bond acceptors (Lipinski definition) is 5. The van der Waals surface area contributed by atoms with E-state index < -0.39 is 0 Å². The SMILES string of the molecule is CC(C)N1CCC(Cc2ccc(Nc3ncc(-c4ccc(F)cc4)s3)nc2)C1. The highest BCUT2D eigenvalue weighted by Gasteiger charge is 2.24. The van der Waals surface area contributed by atoms with Crippen molar-refractivity contribution in [1.29, 1.82) is 0 Å². The number of thiazole rings is 1. The molecule has 28 heavy (non-hydrogen) atoms. The average Bonchev–Trinajstić information content (AvgIpc) is 3.34. The predicted octanol–water partition coefficient (Wildman–Crippen LogP) is 5.36. The summed E-state index contributed by atoms with van der Waals surface area (Å²) in [7, 11) is 0. The summed E-state index contributed by atoms with van der Waals surface area (Å²) in [6.07, 6.45) is 6.12. The highest BCUT2D eigenvalue weighted by Crippen LogP contribution is 2.30. The molecule has 146 valence electrons. The first kappa shape index (κ1) is 19.0. The number of benzene rings is 1. The molecule has 1 aliphatic heterocycles.